The summed E-state index contributed by atoms with van der Waals surface area (Å²) in [4.78, 5) is 0. The maximum absolute atomic E-state index is 15.3. The molecule has 11 aliphatic rings. The second-order valence-electron chi connectivity index (χ2n) is 27.9. The molecule has 0 radical (unpaired) electrons. The smallest absolute Gasteiger partial charge is 0.385 e. The molecule has 79 heavy (non-hydrogen) atoms. The Morgan fingerprint density at radius 1 is 0.582 bits per heavy atom. The van der Waals surface area contributed by atoms with Crippen LogP contribution in [0.5, 0.6) is 0 Å². The molecule has 12 rings (SSSR count). The molecule has 444 valence electrons. The van der Waals surface area contributed by atoms with E-state index in [2.05, 4.69) is 27.7 Å². The van der Waals surface area contributed by atoms with Crippen molar-refractivity contribution in [3.05, 3.63) is 58.2 Å². The zero-order chi connectivity index (χ0) is 57.5. The summed E-state index contributed by atoms with van der Waals surface area (Å²) >= 11 is 0. The number of rotatable bonds is 6. The second kappa shape index (κ2) is 18.1. The molecular formula is C59H78F10O10. The molecule has 6 saturated carbocycles. The third kappa shape index (κ3) is 8.26. The fourth-order valence-electron chi connectivity index (χ4n) is 17.9. The van der Waals surface area contributed by atoms with Crippen molar-refractivity contribution in [1.82, 2.24) is 0 Å². The van der Waals surface area contributed by atoms with Crippen LogP contribution >= 0.6 is 0 Å². The molecule has 2 spiro atoms. The van der Waals surface area contributed by atoms with E-state index in [1.807, 2.05) is 18.2 Å². The summed E-state index contributed by atoms with van der Waals surface area (Å²) in [6.07, 6.45) is -6.48. The number of hydrogen-bond donors (Lipinski definition) is 3. The quantitative estimate of drug-likeness (QED) is 0.110. The van der Waals surface area contributed by atoms with Crippen molar-refractivity contribution in [2.75, 3.05) is 40.6 Å². The van der Waals surface area contributed by atoms with E-state index < -0.39 is 111 Å². The predicted octanol–water partition coefficient (Wildman–Crippen LogP) is 12.7. The van der Waals surface area contributed by atoms with Crippen LogP contribution in [0.4, 0.5) is 43.9 Å². The number of ether oxygens (including phenoxy) is 7. The van der Waals surface area contributed by atoms with E-state index in [0.29, 0.717) is 89.8 Å². The Hall–Kier alpha value is -2.40. The molecule has 1 aromatic rings. The summed E-state index contributed by atoms with van der Waals surface area (Å²) < 4.78 is 184. The van der Waals surface area contributed by atoms with Gasteiger partial charge in [-0.1, -0.05) is 77.5 Å². The highest BCUT2D eigenvalue weighted by Crippen LogP contribution is 2.76. The van der Waals surface area contributed by atoms with E-state index in [-0.39, 0.29) is 54.8 Å². The van der Waals surface area contributed by atoms with Crippen LogP contribution < -0.4 is 0 Å². The summed E-state index contributed by atoms with van der Waals surface area (Å²) in [5.41, 5.74) is -7.85. The highest BCUT2D eigenvalue weighted by atomic mass is 19.4. The van der Waals surface area contributed by atoms with Crippen molar-refractivity contribution >= 4 is 0 Å². The van der Waals surface area contributed by atoms with Crippen molar-refractivity contribution in [2.45, 2.75) is 220 Å². The molecule has 3 aliphatic heterocycles. The van der Waals surface area contributed by atoms with E-state index >= 15 is 8.78 Å². The Kier molecular flexibility index (Phi) is 13.4. The molecule has 3 saturated heterocycles. The van der Waals surface area contributed by atoms with E-state index in [9.17, 15) is 50.4 Å². The Morgan fingerprint density at radius 3 is 1.62 bits per heavy atom. The van der Waals surface area contributed by atoms with Crippen molar-refractivity contribution in [1.29, 1.82) is 0 Å². The molecular weight excluding hydrogens is 1060 g/mol. The van der Waals surface area contributed by atoms with Crippen LogP contribution in [0, 0.1) is 45.3 Å². The number of methoxy groups -OCH3 is 2. The normalized spacial score (nSPS) is 42.6. The number of allylic oxidation sites excluding steroid dienone is 2. The van der Waals surface area contributed by atoms with Crippen LogP contribution in [0.1, 0.15) is 168 Å². The summed E-state index contributed by atoms with van der Waals surface area (Å²) in [5.74, 6) is -14.2. The van der Waals surface area contributed by atoms with E-state index in [1.54, 1.807) is 12.1 Å². The fourth-order valence-corrected chi connectivity index (χ4v) is 17.9. The van der Waals surface area contributed by atoms with Gasteiger partial charge < -0.3 is 48.5 Å². The van der Waals surface area contributed by atoms with Crippen LogP contribution in [0.25, 0.3) is 0 Å². The van der Waals surface area contributed by atoms with E-state index in [0.717, 1.165) is 22.3 Å². The number of alkyl halides is 10. The molecule has 20 heteroatoms. The van der Waals surface area contributed by atoms with Gasteiger partial charge in [0, 0.05) is 73.0 Å². The lowest BCUT2D eigenvalue weighted by molar-refractivity contribution is -0.362. The van der Waals surface area contributed by atoms with Gasteiger partial charge in [-0.25, -0.2) is 0 Å². The lowest BCUT2D eigenvalue weighted by Gasteiger charge is -2.59. The van der Waals surface area contributed by atoms with Crippen LogP contribution in [0.3, 0.4) is 0 Å². The number of halogens is 10. The average molecular weight is 1140 g/mol. The number of aliphatic hydroxyl groups is 3. The Balaban J connectivity index is 0.000000173. The SMILES string of the molecule is CC1(C)COC2(CCC34OC3(CC[C@@H]3C4=CC[C@@]4(C)[C@H]3CC[C@@]4(O)C(F)(F)C(F)(F)F)C2)OC1.COC(OC)c1ccc([C@H]2C[C@@]3(C)C(CC[C@@]3(O)C(F)(F)C(F)(F)F)C3CC[C@@]4(O)CC5(CCC4=C32)OCC(C)(C)CO5)cc1. The maximum atomic E-state index is 15.3. The van der Waals surface area contributed by atoms with Gasteiger partial charge in [-0.05, 0) is 117 Å². The zero-order valence-corrected chi connectivity index (χ0v) is 46.5. The topological polar surface area (TPSA) is 129 Å². The largest absolute Gasteiger partial charge is 0.456 e. The maximum Gasteiger partial charge on any atom is 0.456 e. The van der Waals surface area contributed by atoms with Crippen LogP contribution in [0.2, 0.25) is 0 Å². The fraction of sp³-hybridized carbons (Fsp3) is 0.831. The molecule has 3 heterocycles. The summed E-state index contributed by atoms with van der Waals surface area (Å²) in [6.45, 7) is 13.3. The predicted molar refractivity (Wildman–Crippen MR) is 265 cm³/mol. The van der Waals surface area contributed by atoms with Crippen LogP contribution in [-0.4, -0.2) is 120 Å². The van der Waals surface area contributed by atoms with Crippen molar-refractivity contribution < 1.29 is 92.4 Å². The Labute approximate surface area is 455 Å². The number of hydrogen-bond acceptors (Lipinski definition) is 10. The van der Waals surface area contributed by atoms with Gasteiger partial charge in [0.25, 0.3) is 0 Å². The molecule has 1 aromatic carbocycles. The molecule has 0 aromatic heterocycles. The minimum Gasteiger partial charge on any atom is -0.385 e. The van der Waals surface area contributed by atoms with Crippen LogP contribution in [0.15, 0.2) is 47.1 Å². The van der Waals surface area contributed by atoms with Gasteiger partial charge in [0.15, 0.2) is 17.9 Å². The average Bonchev–Trinajstić information content (AvgIpc) is 2.14. The van der Waals surface area contributed by atoms with Crippen molar-refractivity contribution in [3.8, 4) is 0 Å². The first-order valence-corrected chi connectivity index (χ1v) is 28.3. The van der Waals surface area contributed by atoms with Gasteiger partial charge in [-0.3, -0.25) is 0 Å². The van der Waals surface area contributed by atoms with E-state index in [4.69, 9.17) is 33.2 Å². The van der Waals surface area contributed by atoms with E-state index in [1.165, 1.54) is 28.1 Å². The summed E-state index contributed by atoms with van der Waals surface area (Å²) in [7, 11) is 3.00. The number of fused-ring (bicyclic) bond motifs is 7. The van der Waals surface area contributed by atoms with Gasteiger partial charge in [0.1, 0.15) is 22.4 Å². The van der Waals surface area contributed by atoms with Crippen molar-refractivity contribution in [2.24, 2.45) is 45.3 Å². The lowest BCUT2D eigenvalue weighted by atomic mass is 9.49. The minimum atomic E-state index is -5.90. The molecule has 10 nitrogen and oxygen atoms in total. The molecule has 8 aliphatic carbocycles. The Morgan fingerprint density at radius 2 is 1.09 bits per heavy atom. The molecule has 4 unspecified atom stereocenters. The molecule has 0 amide bonds. The standard InChI is InChI=1S/C34H45F5O6.C25H33F5O4/c1-28(2)18-44-31(45-19-28)14-11-25-26-22(10-13-30(25,40)17-31)24-12-15-32(41,33(35,36)34(37,38)39)29(24,3)16-23(26)20-6-8-21(9-7-20)27(42-4)43-5;1-18(2)13-32-21(33-14-18)10-11-22-17-5-7-19(3)16(15(17)4-8-20(22,12-21)34-22)6-9-23(19,31)24(26,27)25(28,29)30/h6-9,22-24,27,40-41H,10-19H2,1-5H3;5,15-16,31H,4,6-14H2,1-3H3/t22?,23-,24?,29+,30-,32+;15-,16-,19-,20?,22?,23-/m10/s1. The zero-order valence-electron chi connectivity index (χ0n) is 46.5. The highest BCUT2D eigenvalue weighted by molar-refractivity contribution is 5.46. The molecule has 12 atom stereocenters. The van der Waals surface area contributed by atoms with Crippen LogP contribution in [-0.2, 0) is 33.2 Å². The molecule has 3 N–H and O–H groups in total. The third-order valence-corrected chi connectivity index (χ3v) is 22.3. The summed E-state index contributed by atoms with van der Waals surface area (Å²) in [6, 6.07) is 7.23. The number of epoxide rings is 1. The summed E-state index contributed by atoms with van der Waals surface area (Å²) in [5, 5.41) is 34.8. The number of benzene rings is 1. The van der Waals surface area contributed by atoms with Gasteiger partial charge in [0.2, 0.25) is 0 Å². The van der Waals surface area contributed by atoms with Gasteiger partial charge in [-0.2, -0.15) is 43.9 Å². The van der Waals surface area contributed by atoms with Gasteiger partial charge in [-0.15, -0.1) is 0 Å². The first-order chi connectivity index (χ1) is 36.4. The molecule has 9 fully saturated rings. The minimum absolute atomic E-state index is 0.0147. The lowest BCUT2D eigenvalue weighted by Crippen LogP contribution is -2.65. The van der Waals surface area contributed by atoms with Gasteiger partial charge >= 0.3 is 24.2 Å². The highest BCUT2D eigenvalue weighted by Gasteiger charge is 2.83. The molecule has 0 bridgehead atoms. The third-order valence-electron chi connectivity index (χ3n) is 22.3. The second-order valence-corrected chi connectivity index (χ2v) is 27.9. The monoisotopic (exact) mass is 1140 g/mol. The first-order valence-electron chi connectivity index (χ1n) is 28.3. The van der Waals surface area contributed by atoms with Crippen molar-refractivity contribution in [3.63, 3.8) is 0 Å². The Bertz CT molecular complexity index is 2600. The first kappa shape index (κ1) is 58.4. The van der Waals surface area contributed by atoms with Gasteiger partial charge in [0.05, 0.1) is 32.0 Å².